The lowest BCUT2D eigenvalue weighted by Crippen LogP contribution is -2.19. The van der Waals surface area contributed by atoms with Gasteiger partial charge in [-0.25, -0.2) is 0 Å². The van der Waals surface area contributed by atoms with Gasteiger partial charge in [-0.3, -0.25) is 4.79 Å². The van der Waals surface area contributed by atoms with Crippen molar-refractivity contribution in [1.29, 1.82) is 0 Å². The first-order chi connectivity index (χ1) is 10.2. The number of hydrogen-bond donors (Lipinski definition) is 0. The van der Waals surface area contributed by atoms with Crippen molar-refractivity contribution in [3.05, 3.63) is 28.3 Å². The molecule has 1 aromatic carbocycles. The Morgan fingerprint density at radius 2 is 1.86 bits per heavy atom. The largest absolute Gasteiger partial charge is 0.493 e. The smallest absolute Gasteiger partial charge is 0.166 e. The second-order valence-electron chi connectivity index (χ2n) is 6.68. The van der Waals surface area contributed by atoms with E-state index in [9.17, 15) is 4.79 Å². The molecule has 3 rings (SSSR count). The van der Waals surface area contributed by atoms with Gasteiger partial charge in [0.15, 0.2) is 5.78 Å². The highest BCUT2D eigenvalue weighted by Gasteiger charge is 2.26. The maximum Gasteiger partial charge on any atom is 0.166 e. The lowest BCUT2D eigenvalue weighted by molar-refractivity contribution is 0.0888. The van der Waals surface area contributed by atoms with Crippen LogP contribution >= 0.6 is 0 Å². The van der Waals surface area contributed by atoms with Gasteiger partial charge in [-0.05, 0) is 68.7 Å². The summed E-state index contributed by atoms with van der Waals surface area (Å²) < 4.78 is 5.93. The van der Waals surface area contributed by atoms with E-state index in [0.29, 0.717) is 5.78 Å². The molecular weight excluding hydrogens is 260 g/mol. The van der Waals surface area contributed by atoms with Gasteiger partial charge in [-0.1, -0.05) is 19.3 Å². The molecule has 114 valence electrons. The predicted molar refractivity (Wildman–Crippen MR) is 85.3 cm³/mol. The summed E-state index contributed by atoms with van der Waals surface area (Å²) in [6, 6.07) is 2.08. The van der Waals surface area contributed by atoms with E-state index >= 15 is 0 Å². The number of fused-ring (bicyclic) bond motifs is 1. The van der Waals surface area contributed by atoms with Crippen LogP contribution in [0.1, 0.15) is 72.0 Å². The molecule has 0 amide bonds. The highest BCUT2D eigenvalue weighted by molar-refractivity contribution is 6.00. The van der Waals surface area contributed by atoms with Gasteiger partial charge in [0.25, 0.3) is 0 Å². The van der Waals surface area contributed by atoms with E-state index in [1.807, 2.05) is 0 Å². The third-order valence-electron chi connectivity index (χ3n) is 5.16. The molecule has 1 saturated carbocycles. The van der Waals surface area contributed by atoms with Crippen LogP contribution in [0.15, 0.2) is 6.07 Å². The zero-order chi connectivity index (χ0) is 14.8. The summed E-state index contributed by atoms with van der Waals surface area (Å²) in [6.45, 7) is 5.01. The number of hydrogen-bond acceptors (Lipinski definition) is 2. The Labute approximate surface area is 127 Å². The zero-order valence-electron chi connectivity index (χ0n) is 13.3. The molecule has 0 aromatic heterocycles. The van der Waals surface area contributed by atoms with Crippen molar-refractivity contribution in [1.82, 2.24) is 0 Å². The van der Waals surface area contributed by atoms with E-state index < -0.39 is 0 Å². The van der Waals surface area contributed by atoms with Gasteiger partial charge in [0.2, 0.25) is 0 Å². The van der Waals surface area contributed by atoms with Crippen molar-refractivity contribution < 1.29 is 9.53 Å². The first-order valence-corrected chi connectivity index (χ1v) is 8.48. The van der Waals surface area contributed by atoms with Crippen LogP contribution in [0.2, 0.25) is 0 Å². The summed E-state index contributed by atoms with van der Waals surface area (Å²) in [5.74, 6) is 1.68. The monoisotopic (exact) mass is 286 g/mol. The van der Waals surface area contributed by atoms with Crippen molar-refractivity contribution in [3.63, 3.8) is 0 Å². The highest BCUT2D eigenvalue weighted by Crippen LogP contribution is 2.35. The van der Waals surface area contributed by atoms with E-state index in [-0.39, 0.29) is 5.92 Å². The lowest BCUT2D eigenvalue weighted by Gasteiger charge is -2.23. The third kappa shape index (κ3) is 2.86. The summed E-state index contributed by atoms with van der Waals surface area (Å²) in [7, 11) is 0. The molecule has 2 heteroatoms. The summed E-state index contributed by atoms with van der Waals surface area (Å²) in [5.41, 5.74) is 4.56. The molecule has 1 fully saturated rings. The number of rotatable bonds is 2. The number of ether oxygens (including phenoxy) is 1. The molecule has 0 atom stereocenters. The first-order valence-electron chi connectivity index (χ1n) is 8.48. The second kappa shape index (κ2) is 6.21. The van der Waals surface area contributed by atoms with Gasteiger partial charge < -0.3 is 4.74 Å². The van der Waals surface area contributed by atoms with Crippen LogP contribution in [0.25, 0.3) is 0 Å². The number of aryl methyl sites for hydroxylation is 1. The van der Waals surface area contributed by atoms with Gasteiger partial charge in [0, 0.05) is 11.5 Å². The van der Waals surface area contributed by atoms with E-state index in [2.05, 4.69) is 19.9 Å². The minimum atomic E-state index is 0.251. The Bertz CT molecular complexity index is 539. The fraction of sp³-hybridized carbons (Fsp3) is 0.632. The van der Waals surface area contributed by atoms with Crippen LogP contribution < -0.4 is 4.74 Å². The first kappa shape index (κ1) is 14.6. The standard InChI is InChI=1S/C19H26O2/c1-13-12-17(18(20)15-8-4-3-5-9-15)14(2)16-10-6-7-11-21-19(13)16/h12,15H,3-11H2,1-2H3. The van der Waals surface area contributed by atoms with Crippen LogP contribution in [0.5, 0.6) is 5.75 Å². The quantitative estimate of drug-likeness (QED) is 0.731. The average Bonchev–Trinajstić information content (AvgIpc) is 2.77. The van der Waals surface area contributed by atoms with Gasteiger partial charge in [-0.2, -0.15) is 0 Å². The van der Waals surface area contributed by atoms with Crippen molar-refractivity contribution in [2.24, 2.45) is 5.92 Å². The molecule has 0 radical (unpaired) electrons. The fourth-order valence-corrected chi connectivity index (χ4v) is 3.88. The summed E-state index contributed by atoms with van der Waals surface area (Å²) >= 11 is 0. The number of Topliss-reactive ketones (excluding diaryl/α,β-unsaturated/α-hetero) is 1. The molecule has 0 spiro atoms. The Morgan fingerprint density at radius 1 is 1.10 bits per heavy atom. The summed E-state index contributed by atoms with van der Waals surface area (Å²) in [5, 5.41) is 0. The predicted octanol–water partition coefficient (Wildman–Crippen LogP) is 4.78. The van der Waals surface area contributed by atoms with E-state index in [0.717, 1.165) is 55.6 Å². The Hall–Kier alpha value is -1.31. The number of carbonyl (C=O) groups is 1. The molecule has 0 N–H and O–H groups in total. The topological polar surface area (TPSA) is 26.3 Å². The van der Waals surface area contributed by atoms with E-state index in [1.165, 1.54) is 30.4 Å². The average molecular weight is 286 g/mol. The molecule has 2 aliphatic rings. The van der Waals surface area contributed by atoms with Gasteiger partial charge in [0.05, 0.1) is 6.61 Å². The minimum absolute atomic E-state index is 0.251. The molecule has 0 unspecified atom stereocenters. The second-order valence-corrected chi connectivity index (χ2v) is 6.68. The Balaban J connectivity index is 1.97. The van der Waals surface area contributed by atoms with Crippen LogP contribution in [0.3, 0.4) is 0 Å². The van der Waals surface area contributed by atoms with Gasteiger partial charge in [0.1, 0.15) is 5.75 Å². The van der Waals surface area contributed by atoms with E-state index in [4.69, 9.17) is 4.74 Å². The van der Waals surface area contributed by atoms with Crippen molar-refractivity contribution in [2.45, 2.75) is 65.2 Å². The molecule has 0 bridgehead atoms. The SMILES string of the molecule is Cc1cc(C(=O)C2CCCCC2)c(C)c2c1OCCCC2. The van der Waals surface area contributed by atoms with Gasteiger partial charge >= 0.3 is 0 Å². The van der Waals surface area contributed by atoms with Crippen LogP contribution in [0.4, 0.5) is 0 Å². The molecule has 0 saturated heterocycles. The maximum absolute atomic E-state index is 12.9. The maximum atomic E-state index is 12.9. The van der Waals surface area contributed by atoms with Crippen LogP contribution in [0, 0.1) is 19.8 Å². The molecule has 1 aliphatic carbocycles. The van der Waals surface area contributed by atoms with Crippen LogP contribution in [-0.2, 0) is 6.42 Å². The Kier molecular flexibility index (Phi) is 4.32. The van der Waals surface area contributed by atoms with Crippen molar-refractivity contribution >= 4 is 5.78 Å². The zero-order valence-corrected chi connectivity index (χ0v) is 13.3. The van der Waals surface area contributed by atoms with E-state index in [1.54, 1.807) is 0 Å². The van der Waals surface area contributed by atoms with Crippen molar-refractivity contribution in [2.75, 3.05) is 6.61 Å². The number of benzene rings is 1. The number of ketones is 1. The number of carbonyl (C=O) groups excluding carboxylic acids is 1. The summed E-state index contributed by atoms with van der Waals surface area (Å²) in [4.78, 5) is 12.9. The lowest BCUT2D eigenvalue weighted by atomic mass is 9.81. The minimum Gasteiger partial charge on any atom is -0.493 e. The summed E-state index contributed by atoms with van der Waals surface area (Å²) in [6.07, 6.45) is 9.18. The molecule has 1 aromatic rings. The van der Waals surface area contributed by atoms with Gasteiger partial charge in [-0.15, -0.1) is 0 Å². The molecule has 21 heavy (non-hydrogen) atoms. The normalized spacial score (nSPS) is 19.5. The third-order valence-corrected chi connectivity index (χ3v) is 5.16. The molecule has 1 heterocycles. The molecular formula is C19H26O2. The van der Waals surface area contributed by atoms with Crippen molar-refractivity contribution in [3.8, 4) is 5.75 Å². The van der Waals surface area contributed by atoms with Crippen LogP contribution in [-0.4, -0.2) is 12.4 Å². The molecule has 2 nitrogen and oxygen atoms in total. The Morgan fingerprint density at radius 3 is 2.62 bits per heavy atom. The fourth-order valence-electron chi connectivity index (χ4n) is 3.88. The molecule has 1 aliphatic heterocycles. The highest BCUT2D eigenvalue weighted by atomic mass is 16.5.